The number of carbonyl (C=O) groups is 1. The minimum Gasteiger partial charge on any atom is -0.511 e. The van der Waals surface area contributed by atoms with Crippen molar-refractivity contribution >= 4 is 43.2 Å². The standard InChI is InChI=1S/C24H25FN4O6S2/c1-24(12-14-3-5-15(25)6-4-14)13-29(17-8-9-17)23(31)20(21(24)30)22-26-18-10-7-16(27-36(2,32)33)11-19(18)37(34,35)28-22/h3-7,10-11,17,27,30H,8-9,12-13H2,1-2H3,(H,26,28). The van der Waals surface area contributed by atoms with E-state index in [1.807, 2.05) is 0 Å². The molecule has 0 radical (unpaired) electrons. The third kappa shape index (κ3) is 4.92. The lowest BCUT2D eigenvalue weighted by molar-refractivity contribution is -0.130. The summed E-state index contributed by atoms with van der Waals surface area (Å²) in [5.74, 6) is -1.54. The largest absolute Gasteiger partial charge is 0.511 e. The van der Waals surface area contributed by atoms with Crippen molar-refractivity contribution in [3.05, 3.63) is 65.2 Å². The predicted octanol–water partition coefficient (Wildman–Crippen LogP) is 2.78. The molecule has 1 unspecified atom stereocenters. The van der Waals surface area contributed by atoms with Crippen molar-refractivity contribution < 1.29 is 31.1 Å². The third-order valence-electron chi connectivity index (χ3n) is 6.56. The van der Waals surface area contributed by atoms with E-state index in [0.717, 1.165) is 30.7 Å². The van der Waals surface area contributed by atoms with Gasteiger partial charge in [-0.1, -0.05) is 19.1 Å². The van der Waals surface area contributed by atoms with E-state index in [-0.39, 0.29) is 52.4 Å². The number of halogens is 1. The Morgan fingerprint density at radius 2 is 1.89 bits per heavy atom. The van der Waals surface area contributed by atoms with Crippen LogP contribution < -0.4 is 10.0 Å². The summed E-state index contributed by atoms with van der Waals surface area (Å²) in [6.45, 7) is 1.98. The molecule has 1 atom stereocenters. The highest BCUT2D eigenvalue weighted by atomic mass is 32.2. The van der Waals surface area contributed by atoms with Crippen LogP contribution in [0.1, 0.15) is 25.3 Å². The van der Waals surface area contributed by atoms with Crippen LogP contribution in [0.15, 0.2) is 63.1 Å². The monoisotopic (exact) mass is 548 g/mol. The van der Waals surface area contributed by atoms with Gasteiger partial charge in [0.2, 0.25) is 10.0 Å². The number of aliphatic hydroxyl groups excluding tert-OH is 1. The van der Waals surface area contributed by atoms with Gasteiger partial charge in [0.15, 0.2) is 5.84 Å². The fraction of sp³-hybridized carbons (Fsp3) is 0.333. The second kappa shape index (κ2) is 8.55. The van der Waals surface area contributed by atoms with E-state index in [1.54, 1.807) is 24.0 Å². The Hall–Kier alpha value is -3.45. The Balaban J connectivity index is 1.57. The number of sulfonamides is 2. The summed E-state index contributed by atoms with van der Waals surface area (Å²) in [6, 6.07) is 9.67. The van der Waals surface area contributed by atoms with Crippen LogP contribution >= 0.6 is 0 Å². The van der Waals surface area contributed by atoms with Crippen molar-refractivity contribution in [2.45, 2.75) is 37.1 Å². The molecule has 196 valence electrons. The first kappa shape index (κ1) is 25.2. The summed E-state index contributed by atoms with van der Waals surface area (Å²) >= 11 is 0. The summed E-state index contributed by atoms with van der Waals surface area (Å²) in [5.41, 5.74) is -0.368. The molecular formula is C24H25FN4O6S2. The van der Waals surface area contributed by atoms with Gasteiger partial charge in [0, 0.05) is 23.7 Å². The molecule has 1 saturated carbocycles. The highest BCUT2D eigenvalue weighted by Gasteiger charge is 2.49. The van der Waals surface area contributed by atoms with Gasteiger partial charge in [-0.2, -0.15) is 8.42 Å². The molecule has 1 amide bonds. The van der Waals surface area contributed by atoms with Gasteiger partial charge in [0.05, 0.1) is 11.9 Å². The van der Waals surface area contributed by atoms with E-state index in [9.17, 15) is 31.1 Å². The van der Waals surface area contributed by atoms with Crippen LogP contribution in [0, 0.1) is 11.2 Å². The number of nitrogens with one attached hydrogen (secondary N) is 2. The van der Waals surface area contributed by atoms with Crippen molar-refractivity contribution in [1.82, 2.24) is 4.90 Å². The van der Waals surface area contributed by atoms with Crippen LogP contribution in [0.2, 0.25) is 0 Å². The highest BCUT2D eigenvalue weighted by molar-refractivity contribution is 7.92. The molecule has 2 heterocycles. The average molecular weight is 549 g/mol. The zero-order chi connectivity index (χ0) is 26.8. The Labute approximate surface area is 214 Å². The average Bonchev–Trinajstić information content (AvgIpc) is 3.63. The van der Waals surface area contributed by atoms with E-state index in [0.29, 0.717) is 0 Å². The first-order chi connectivity index (χ1) is 17.3. The number of carbonyl (C=O) groups excluding carboxylic acids is 1. The maximum absolute atomic E-state index is 13.5. The Morgan fingerprint density at radius 1 is 1.22 bits per heavy atom. The normalized spacial score (nSPS) is 23.3. The number of hydrogen-bond acceptors (Lipinski definition) is 7. The lowest BCUT2D eigenvalue weighted by atomic mass is 9.76. The Bertz CT molecular complexity index is 1580. The molecule has 0 bridgehead atoms. The fourth-order valence-electron chi connectivity index (χ4n) is 4.70. The summed E-state index contributed by atoms with van der Waals surface area (Å²) in [7, 11) is -8.00. The van der Waals surface area contributed by atoms with Crippen LogP contribution in [0.5, 0.6) is 0 Å². The Morgan fingerprint density at radius 3 is 2.51 bits per heavy atom. The highest BCUT2D eigenvalue weighted by Crippen LogP contribution is 2.43. The number of benzene rings is 2. The van der Waals surface area contributed by atoms with Gasteiger partial charge < -0.3 is 15.3 Å². The lowest BCUT2D eigenvalue weighted by Gasteiger charge is -2.41. The van der Waals surface area contributed by atoms with Crippen LogP contribution in [0.25, 0.3) is 0 Å². The number of nitrogens with zero attached hydrogens (tertiary/aromatic N) is 2. The van der Waals surface area contributed by atoms with E-state index in [1.165, 1.54) is 24.3 Å². The van der Waals surface area contributed by atoms with Crippen molar-refractivity contribution in [3.63, 3.8) is 0 Å². The van der Waals surface area contributed by atoms with E-state index >= 15 is 0 Å². The van der Waals surface area contributed by atoms with Gasteiger partial charge in [-0.15, -0.1) is 4.40 Å². The summed E-state index contributed by atoms with van der Waals surface area (Å²) < 4.78 is 68.8. The number of anilines is 2. The first-order valence-corrected chi connectivity index (χ1v) is 14.8. The molecule has 0 aromatic heterocycles. The molecule has 10 nitrogen and oxygen atoms in total. The van der Waals surface area contributed by atoms with Gasteiger partial charge in [0.25, 0.3) is 15.9 Å². The zero-order valence-electron chi connectivity index (χ0n) is 20.0. The molecule has 37 heavy (non-hydrogen) atoms. The number of rotatable bonds is 6. The van der Waals surface area contributed by atoms with Gasteiger partial charge in [-0.25, -0.2) is 12.8 Å². The first-order valence-electron chi connectivity index (χ1n) is 11.5. The van der Waals surface area contributed by atoms with Gasteiger partial charge >= 0.3 is 0 Å². The molecule has 1 fully saturated rings. The number of aliphatic hydroxyl groups is 1. The van der Waals surface area contributed by atoms with Crippen LogP contribution in [0.3, 0.4) is 0 Å². The topological polar surface area (TPSA) is 145 Å². The molecule has 1 aliphatic carbocycles. The van der Waals surface area contributed by atoms with Crippen LogP contribution in [-0.4, -0.2) is 57.4 Å². The quantitative estimate of drug-likeness (QED) is 0.503. The molecule has 3 N–H and O–H groups in total. The van der Waals surface area contributed by atoms with Crippen LogP contribution in [0.4, 0.5) is 15.8 Å². The minimum absolute atomic E-state index is 0.0270. The zero-order valence-corrected chi connectivity index (χ0v) is 21.7. The van der Waals surface area contributed by atoms with Gasteiger partial charge in [0.1, 0.15) is 22.0 Å². The molecule has 3 aliphatic rings. The minimum atomic E-state index is -4.36. The molecular weight excluding hydrogens is 523 g/mol. The number of fused-ring (bicyclic) bond motifs is 1. The number of amidine groups is 1. The molecule has 0 saturated heterocycles. The molecule has 0 spiro atoms. The van der Waals surface area contributed by atoms with E-state index in [2.05, 4.69) is 14.4 Å². The van der Waals surface area contributed by atoms with Gasteiger partial charge in [-0.05, 0) is 55.2 Å². The molecule has 5 rings (SSSR count). The molecule has 2 aromatic rings. The maximum atomic E-state index is 13.5. The lowest BCUT2D eigenvalue weighted by Crippen LogP contribution is -2.51. The maximum Gasteiger partial charge on any atom is 0.286 e. The van der Waals surface area contributed by atoms with Crippen molar-refractivity contribution in [2.24, 2.45) is 9.81 Å². The molecule has 2 aromatic carbocycles. The second-order valence-electron chi connectivity index (χ2n) is 9.88. The molecule has 2 aliphatic heterocycles. The summed E-state index contributed by atoms with van der Waals surface area (Å²) in [4.78, 5) is 14.9. The number of hydrogen-bond donors (Lipinski definition) is 3. The fourth-order valence-corrected chi connectivity index (χ4v) is 6.40. The smallest absolute Gasteiger partial charge is 0.286 e. The molecule has 13 heteroatoms. The summed E-state index contributed by atoms with van der Waals surface area (Å²) in [5, 5.41) is 14.2. The van der Waals surface area contributed by atoms with E-state index < -0.39 is 37.2 Å². The third-order valence-corrected chi connectivity index (χ3v) is 8.48. The van der Waals surface area contributed by atoms with Crippen molar-refractivity contribution in [3.8, 4) is 0 Å². The van der Waals surface area contributed by atoms with E-state index in [4.69, 9.17) is 0 Å². The second-order valence-corrected chi connectivity index (χ2v) is 13.2. The Kier molecular flexibility index (Phi) is 5.83. The number of amides is 1. The van der Waals surface area contributed by atoms with Crippen LogP contribution in [-0.2, 0) is 31.3 Å². The SMILES string of the molecule is CC1(Cc2ccc(F)cc2)CN(C2CC2)C(=O)C(C2=NS(=O)(=O)c3cc(NS(C)(=O)=O)ccc3N2)=C1O. The van der Waals surface area contributed by atoms with Gasteiger partial charge in [-0.3, -0.25) is 9.52 Å². The summed E-state index contributed by atoms with van der Waals surface area (Å²) in [6.07, 6.45) is 2.80. The van der Waals surface area contributed by atoms with Crippen molar-refractivity contribution in [1.29, 1.82) is 0 Å². The predicted molar refractivity (Wildman–Crippen MR) is 136 cm³/mol. The van der Waals surface area contributed by atoms with Crippen molar-refractivity contribution in [2.75, 3.05) is 22.8 Å².